The predicted molar refractivity (Wildman–Crippen MR) is 94.1 cm³/mol. The van der Waals surface area contributed by atoms with E-state index in [1.54, 1.807) is 41.4 Å². The molecule has 1 amide bonds. The number of hydrogen-bond donors (Lipinski definition) is 2. The molecule has 1 unspecified atom stereocenters. The fourth-order valence-corrected chi connectivity index (χ4v) is 2.75. The first kappa shape index (κ1) is 15.9. The van der Waals surface area contributed by atoms with Crippen LogP contribution >= 0.6 is 0 Å². The van der Waals surface area contributed by atoms with E-state index in [1.165, 1.54) is 0 Å². The van der Waals surface area contributed by atoms with Gasteiger partial charge in [0.15, 0.2) is 5.82 Å². The van der Waals surface area contributed by atoms with Gasteiger partial charge in [-0.2, -0.15) is 0 Å². The van der Waals surface area contributed by atoms with E-state index in [2.05, 4.69) is 10.4 Å². The fourth-order valence-electron chi connectivity index (χ4n) is 2.23. The maximum absolute atomic E-state index is 11.7. The van der Waals surface area contributed by atoms with Crippen LogP contribution in [0.25, 0.3) is 5.69 Å². The summed E-state index contributed by atoms with van der Waals surface area (Å²) in [5, 5.41) is 7.48. The van der Waals surface area contributed by atoms with Gasteiger partial charge in [0, 0.05) is 33.8 Å². The second-order valence-electron chi connectivity index (χ2n) is 5.14. The summed E-state index contributed by atoms with van der Waals surface area (Å²) in [5.74, 6) is -0.192. The number of anilines is 2. The van der Waals surface area contributed by atoms with Crippen molar-refractivity contribution in [1.82, 2.24) is 9.78 Å². The van der Waals surface area contributed by atoms with Crippen LogP contribution in [0.5, 0.6) is 0 Å². The Morgan fingerprint density at radius 3 is 2.38 bits per heavy atom. The first-order chi connectivity index (χ1) is 11.5. The predicted octanol–water partition coefficient (Wildman–Crippen LogP) is 2.45. The molecule has 1 aromatic heterocycles. The summed E-state index contributed by atoms with van der Waals surface area (Å²) < 4.78 is 13.0. The third-order valence-electron chi connectivity index (χ3n) is 3.45. The summed E-state index contributed by atoms with van der Waals surface area (Å²) in [6.07, 6.45) is 3.21. The molecule has 1 heterocycles. The highest BCUT2D eigenvalue weighted by atomic mass is 32.2. The summed E-state index contributed by atoms with van der Waals surface area (Å²) in [4.78, 5) is 12.4. The molecule has 0 spiro atoms. The number of nitrogens with one attached hydrogen (secondary N) is 1. The Bertz CT molecular complexity index is 889. The van der Waals surface area contributed by atoms with Crippen molar-refractivity contribution in [2.45, 2.75) is 4.90 Å². The zero-order valence-corrected chi connectivity index (χ0v) is 13.8. The van der Waals surface area contributed by atoms with Crippen LogP contribution < -0.4 is 11.1 Å². The van der Waals surface area contributed by atoms with Gasteiger partial charge in [0.05, 0.1) is 5.69 Å². The van der Waals surface area contributed by atoms with Crippen molar-refractivity contribution in [3.05, 3.63) is 66.4 Å². The van der Waals surface area contributed by atoms with E-state index in [9.17, 15) is 9.00 Å². The van der Waals surface area contributed by atoms with Gasteiger partial charge < -0.3 is 11.1 Å². The Kier molecular flexibility index (Phi) is 4.43. The van der Waals surface area contributed by atoms with Crippen LogP contribution in [0.15, 0.2) is 65.7 Å². The number of rotatable bonds is 5. The van der Waals surface area contributed by atoms with Crippen molar-refractivity contribution in [2.24, 2.45) is 5.73 Å². The zero-order chi connectivity index (χ0) is 17.1. The number of carbonyl (C=O) groups excluding carboxylic acids is 1. The zero-order valence-electron chi connectivity index (χ0n) is 13.0. The lowest BCUT2D eigenvalue weighted by atomic mass is 10.2. The molecule has 0 fully saturated rings. The summed E-state index contributed by atoms with van der Waals surface area (Å²) in [5.41, 5.74) is 7.30. The fraction of sp³-hybridized carbons (Fsp3) is 0.0588. The number of amides is 1. The minimum atomic E-state index is -1.04. The van der Waals surface area contributed by atoms with Gasteiger partial charge in [-0.15, -0.1) is 5.10 Å². The van der Waals surface area contributed by atoms with Crippen molar-refractivity contribution in [3.63, 3.8) is 0 Å². The Balaban J connectivity index is 1.93. The van der Waals surface area contributed by atoms with Crippen LogP contribution in [0, 0.1) is 0 Å². The van der Waals surface area contributed by atoms with E-state index in [1.807, 2.05) is 30.3 Å². The highest BCUT2D eigenvalue weighted by Gasteiger charge is 2.15. The van der Waals surface area contributed by atoms with Crippen LogP contribution in [0.3, 0.4) is 0 Å². The van der Waals surface area contributed by atoms with E-state index in [-0.39, 0.29) is 0 Å². The molecule has 3 aromatic rings. The normalized spacial score (nSPS) is 11.9. The first-order valence-corrected chi connectivity index (χ1v) is 8.76. The third-order valence-corrected chi connectivity index (χ3v) is 4.39. The molecule has 0 saturated carbocycles. The molecule has 0 saturated heterocycles. The minimum absolute atomic E-state index is 0.294. The molecule has 3 rings (SSSR count). The molecule has 6 nitrogen and oxygen atoms in total. The Morgan fingerprint density at radius 2 is 1.79 bits per heavy atom. The number of carbonyl (C=O) groups is 1. The first-order valence-electron chi connectivity index (χ1n) is 7.20. The molecule has 0 radical (unpaired) electrons. The molecule has 2 aromatic carbocycles. The van der Waals surface area contributed by atoms with Crippen LogP contribution in [0.4, 0.5) is 11.5 Å². The highest BCUT2D eigenvalue weighted by Crippen LogP contribution is 2.22. The molecule has 24 heavy (non-hydrogen) atoms. The van der Waals surface area contributed by atoms with Gasteiger partial charge >= 0.3 is 0 Å². The molecule has 7 heteroatoms. The number of para-hydroxylation sites is 1. The van der Waals surface area contributed by atoms with Gasteiger partial charge in [-0.05, 0) is 36.4 Å². The van der Waals surface area contributed by atoms with E-state index in [0.29, 0.717) is 11.4 Å². The lowest BCUT2D eigenvalue weighted by Crippen LogP contribution is -2.12. The number of hydrogen-bond acceptors (Lipinski definition) is 4. The molecular formula is C17H16N4O2S. The maximum atomic E-state index is 11.7. The van der Waals surface area contributed by atoms with Gasteiger partial charge in [-0.1, -0.05) is 18.2 Å². The SMILES string of the molecule is CS(=O)c1ccc(Nc2nn(-c3ccccc3)cc2C(N)=O)cc1. The van der Waals surface area contributed by atoms with Crippen molar-refractivity contribution in [1.29, 1.82) is 0 Å². The van der Waals surface area contributed by atoms with Crippen LogP contribution in [0.1, 0.15) is 10.4 Å². The number of nitrogens with two attached hydrogens (primary N) is 1. The smallest absolute Gasteiger partial charge is 0.254 e. The standard InChI is InChI=1S/C17H16N4O2S/c1-24(23)14-9-7-12(8-10-14)19-17-15(16(18)22)11-21(20-17)13-5-3-2-4-6-13/h2-11H,1H3,(H2,18,22)(H,19,20). The summed E-state index contributed by atoms with van der Waals surface area (Å²) in [7, 11) is -1.04. The molecule has 0 aliphatic rings. The summed E-state index contributed by atoms with van der Waals surface area (Å²) in [6.45, 7) is 0. The van der Waals surface area contributed by atoms with Crippen LogP contribution in [-0.2, 0) is 10.8 Å². The second-order valence-corrected chi connectivity index (χ2v) is 6.52. The molecule has 0 bridgehead atoms. The molecule has 3 N–H and O–H groups in total. The van der Waals surface area contributed by atoms with E-state index < -0.39 is 16.7 Å². The van der Waals surface area contributed by atoms with Gasteiger partial charge in [0.1, 0.15) is 5.56 Å². The molecule has 0 aliphatic carbocycles. The number of primary amides is 1. The van der Waals surface area contributed by atoms with Crippen LogP contribution in [0.2, 0.25) is 0 Å². The van der Waals surface area contributed by atoms with Crippen molar-refractivity contribution < 1.29 is 9.00 Å². The Labute approximate surface area is 141 Å². The second kappa shape index (κ2) is 6.67. The van der Waals surface area contributed by atoms with Gasteiger partial charge in [-0.25, -0.2) is 4.68 Å². The van der Waals surface area contributed by atoms with Gasteiger partial charge in [0.2, 0.25) is 0 Å². The monoisotopic (exact) mass is 340 g/mol. The van der Waals surface area contributed by atoms with Crippen molar-refractivity contribution >= 4 is 28.2 Å². The van der Waals surface area contributed by atoms with E-state index in [4.69, 9.17) is 5.73 Å². The average molecular weight is 340 g/mol. The minimum Gasteiger partial charge on any atom is -0.365 e. The van der Waals surface area contributed by atoms with Crippen molar-refractivity contribution in [2.75, 3.05) is 11.6 Å². The van der Waals surface area contributed by atoms with Gasteiger partial charge in [0.25, 0.3) is 5.91 Å². The Morgan fingerprint density at radius 1 is 1.12 bits per heavy atom. The Hall–Kier alpha value is -2.93. The molecular weight excluding hydrogens is 324 g/mol. The quantitative estimate of drug-likeness (QED) is 0.746. The summed E-state index contributed by atoms with van der Waals surface area (Å²) >= 11 is 0. The van der Waals surface area contributed by atoms with E-state index in [0.717, 1.165) is 16.3 Å². The van der Waals surface area contributed by atoms with Crippen molar-refractivity contribution in [3.8, 4) is 5.69 Å². The number of benzene rings is 2. The molecule has 122 valence electrons. The lowest BCUT2D eigenvalue weighted by Gasteiger charge is -2.05. The van der Waals surface area contributed by atoms with Gasteiger partial charge in [-0.3, -0.25) is 9.00 Å². The van der Waals surface area contributed by atoms with Crippen LogP contribution in [-0.4, -0.2) is 26.2 Å². The largest absolute Gasteiger partial charge is 0.365 e. The molecule has 0 aliphatic heterocycles. The van der Waals surface area contributed by atoms with E-state index >= 15 is 0 Å². The number of aromatic nitrogens is 2. The summed E-state index contributed by atoms with van der Waals surface area (Å²) in [6, 6.07) is 16.5. The maximum Gasteiger partial charge on any atom is 0.254 e. The third kappa shape index (κ3) is 3.36. The highest BCUT2D eigenvalue weighted by molar-refractivity contribution is 7.84. The molecule has 1 atom stereocenters. The number of nitrogens with zero attached hydrogens (tertiary/aromatic N) is 2. The average Bonchev–Trinajstić information content (AvgIpc) is 3.00. The topological polar surface area (TPSA) is 90.0 Å². The lowest BCUT2D eigenvalue weighted by molar-refractivity contribution is 0.100.